The Morgan fingerprint density at radius 1 is 1.46 bits per heavy atom. The van der Waals surface area contributed by atoms with Crippen LogP contribution in [0.1, 0.15) is 19.4 Å². The lowest BCUT2D eigenvalue weighted by atomic mass is 9.97. The Labute approximate surface area is 82.0 Å². The van der Waals surface area contributed by atoms with Gasteiger partial charge in [0.25, 0.3) is 0 Å². The monoisotopic (exact) mass is 201 g/mol. The van der Waals surface area contributed by atoms with Crippen molar-refractivity contribution in [1.82, 2.24) is 0 Å². The van der Waals surface area contributed by atoms with E-state index in [-0.39, 0.29) is 5.75 Å². The van der Waals surface area contributed by atoms with Gasteiger partial charge < -0.3 is 5.11 Å². The highest BCUT2D eigenvalue weighted by molar-refractivity contribution is 6.30. The van der Waals surface area contributed by atoms with Gasteiger partial charge in [-0.3, -0.25) is 4.84 Å². The van der Waals surface area contributed by atoms with Gasteiger partial charge in [-0.25, -0.2) is 5.90 Å². The molecule has 0 radical (unpaired) electrons. The Morgan fingerprint density at radius 3 is 2.54 bits per heavy atom. The van der Waals surface area contributed by atoms with Crippen LogP contribution in [0.25, 0.3) is 0 Å². The van der Waals surface area contributed by atoms with E-state index < -0.39 is 5.60 Å². The molecule has 0 aliphatic rings. The fourth-order valence-corrected chi connectivity index (χ4v) is 1.24. The predicted octanol–water partition coefficient (Wildman–Crippen LogP) is 2.17. The Bertz CT molecular complexity index is 312. The lowest BCUT2D eigenvalue weighted by Crippen LogP contribution is -2.25. The van der Waals surface area contributed by atoms with E-state index in [1.807, 2.05) is 0 Å². The van der Waals surface area contributed by atoms with Gasteiger partial charge in [0.1, 0.15) is 11.4 Å². The molecule has 72 valence electrons. The zero-order chi connectivity index (χ0) is 10.1. The average Bonchev–Trinajstić information content (AvgIpc) is 2.03. The first kappa shape index (κ1) is 10.3. The second-order valence-corrected chi connectivity index (χ2v) is 3.73. The number of nitrogens with two attached hydrogens (primary N) is 1. The zero-order valence-electron chi connectivity index (χ0n) is 7.54. The van der Waals surface area contributed by atoms with E-state index in [4.69, 9.17) is 22.3 Å². The summed E-state index contributed by atoms with van der Waals surface area (Å²) in [6.07, 6.45) is 0. The third-order valence-electron chi connectivity index (χ3n) is 1.90. The molecule has 0 spiro atoms. The maximum absolute atomic E-state index is 9.54. The molecule has 3 nitrogen and oxygen atoms in total. The van der Waals surface area contributed by atoms with Crippen molar-refractivity contribution < 1.29 is 9.94 Å². The summed E-state index contributed by atoms with van der Waals surface area (Å²) in [5.74, 6) is 5.19. The van der Waals surface area contributed by atoms with Crippen LogP contribution in [0, 0.1) is 0 Å². The number of rotatable bonds is 2. The van der Waals surface area contributed by atoms with Crippen LogP contribution >= 0.6 is 11.6 Å². The van der Waals surface area contributed by atoms with Crippen molar-refractivity contribution in [3.8, 4) is 5.75 Å². The molecular weight excluding hydrogens is 190 g/mol. The third kappa shape index (κ3) is 2.12. The summed E-state index contributed by atoms with van der Waals surface area (Å²) in [5, 5.41) is 10.0. The standard InChI is InChI=1S/C9H12ClNO2/c1-9(2,13-11)7-4-3-6(10)5-8(7)12/h3-5,12H,11H2,1-2H3. The van der Waals surface area contributed by atoms with Gasteiger partial charge in [0.15, 0.2) is 0 Å². The summed E-state index contributed by atoms with van der Waals surface area (Å²) >= 11 is 5.68. The number of halogens is 1. The van der Waals surface area contributed by atoms with Crippen LogP contribution < -0.4 is 5.90 Å². The molecule has 3 N–H and O–H groups in total. The number of benzene rings is 1. The predicted molar refractivity (Wildman–Crippen MR) is 51.4 cm³/mol. The smallest absolute Gasteiger partial charge is 0.123 e. The maximum atomic E-state index is 9.54. The van der Waals surface area contributed by atoms with Gasteiger partial charge in [0.05, 0.1) is 0 Å². The van der Waals surface area contributed by atoms with Gasteiger partial charge in [-0.2, -0.15) is 0 Å². The molecule has 0 bridgehead atoms. The molecule has 1 aromatic rings. The van der Waals surface area contributed by atoms with Crippen molar-refractivity contribution in [1.29, 1.82) is 0 Å². The van der Waals surface area contributed by atoms with Gasteiger partial charge in [-0.05, 0) is 26.0 Å². The molecule has 0 aliphatic heterocycles. The summed E-state index contributed by atoms with van der Waals surface area (Å²) in [7, 11) is 0. The number of phenolic OH excluding ortho intramolecular Hbond substituents is 1. The number of hydrogen-bond donors (Lipinski definition) is 2. The van der Waals surface area contributed by atoms with Gasteiger partial charge in [0.2, 0.25) is 0 Å². The molecule has 0 aliphatic carbocycles. The van der Waals surface area contributed by atoms with Crippen molar-refractivity contribution in [2.24, 2.45) is 5.90 Å². The fourth-order valence-electron chi connectivity index (χ4n) is 1.08. The molecule has 0 unspecified atom stereocenters. The highest BCUT2D eigenvalue weighted by Gasteiger charge is 2.23. The van der Waals surface area contributed by atoms with Crippen LogP contribution in [-0.4, -0.2) is 5.11 Å². The second kappa shape index (κ2) is 3.54. The van der Waals surface area contributed by atoms with E-state index in [0.717, 1.165) is 0 Å². The molecule has 0 fully saturated rings. The van der Waals surface area contributed by atoms with E-state index in [2.05, 4.69) is 0 Å². The first-order chi connectivity index (χ1) is 5.97. The number of hydrogen-bond acceptors (Lipinski definition) is 3. The van der Waals surface area contributed by atoms with E-state index in [1.165, 1.54) is 6.07 Å². The highest BCUT2D eigenvalue weighted by Crippen LogP contribution is 2.32. The molecule has 0 atom stereocenters. The first-order valence-corrected chi connectivity index (χ1v) is 4.22. The quantitative estimate of drug-likeness (QED) is 0.722. The van der Waals surface area contributed by atoms with Crippen LogP contribution in [0.3, 0.4) is 0 Å². The third-order valence-corrected chi connectivity index (χ3v) is 2.14. The molecule has 0 aromatic heterocycles. The average molecular weight is 202 g/mol. The Morgan fingerprint density at radius 2 is 2.08 bits per heavy atom. The number of phenols is 1. The van der Waals surface area contributed by atoms with Crippen LogP contribution in [0.2, 0.25) is 5.02 Å². The van der Waals surface area contributed by atoms with Crippen LogP contribution in [0.5, 0.6) is 5.75 Å². The molecule has 4 heteroatoms. The molecule has 0 saturated carbocycles. The van der Waals surface area contributed by atoms with E-state index in [1.54, 1.807) is 26.0 Å². The fraction of sp³-hybridized carbons (Fsp3) is 0.333. The Hall–Kier alpha value is -0.770. The van der Waals surface area contributed by atoms with Crippen molar-refractivity contribution in [3.63, 3.8) is 0 Å². The minimum atomic E-state index is -0.714. The SMILES string of the molecule is CC(C)(ON)c1ccc(Cl)cc1O. The Balaban J connectivity index is 3.16. The lowest BCUT2D eigenvalue weighted by Gasteiger charge is -2.23. The van der Waals surface area contributed by atoms with Crippen molar-refractivity contribution >= 4 is 11.6 Å². The normalized spacial score (nSPS) is 11.7. The Kier molecular flexibility index (Phi) is 2.81. The largest absolute Gasteiger partial charge is 0.508 e. The van der Waals surface area contributed by atoms with Crippen LogP contribution in [0.15, 0.2) is 18.2 Å². The topological polar surface area (TPSA) is 55.5 Å². The highest BCUT2D eigenvalue weighted by atomic mass is 35.5. The van der Waals surface area contributed by atoms with Crippen molar-refractivity contribution in [2.75, 3.05) is 0 Å². The van der Waals surface area contributed by atoms with Crippen molar-refractivity contribution in [3.05, 3.63) is 28.8 Å². The van der Waals surface area contributed by atoms with Gasteiger partial charge >= 0.3 is 0 Å². The summed E-state index contributed by atoms with van der Waals surface area (Å²) in [5.41, 5.74) is -0.103. The van der Waals surface area contributed by atoms with Gasteiger partial charge in [-0.15, -0.1) is 0 Å². The van der Waals surface area contributed by atoms with E-state index in [9.17, 15) is 5.11 Å². The first-order valence-electron chi connectivity index (χ1n) is 3.84. The summed E-state index contributed by atoms with van der Waals surface area (Å²) in [4.78, 5) is 4.74. The molecule has 1 rings (SSSR count). The second-order valence-electron chi connectivity index (χ2n) is 3.29. The number of aromatic hydroxyl groups is 1. The van der Waals surface area contributed by atoms with E-state index >= 15 is 0 Å². The van der Waals surface area contributed by atoms with Gasteiger partial charge in [0, 0.05) is 10.6 Å². The summed E-state index contributed by atoms with van der Waals surface area (Å²) in [6, 6.07) is 4.82. The molecule has 13 heavy (non-hydrogen) atoms. The van der Waals surface area contributed by atoms with Crippen molar-refractivity contribution in [2.45, 2.75) is 19.4 Å². The minimum Gasteiger partial charge on any atom is -0.508 e. The van der Waals surface area contributed by atoms with Crippen LogP contribution in [-0.2, 0) is 10.4 Å². The van der Waals surface area contributed by atoms with Crippen LogP contribution in [0.4, 0.5) is 0 Å². The summed E-state index contributed by atoms with van der Waals surface area (Å²) < 4.78 is 0. The molecule has 1 aromatic carbocycles. The maximum Gasteiger partial charge on any atom is 0.123 e. The molecular formula is C9H12ClNO2. The molecule has 0 amide bonds. The lowest BCUT2D eigenvalue weighted by molar-refractivity contribution is -0.0250. The summed E-state index contributed by atoms with van der Waals surface area (Å²) in [6.45, 7) is 3.52. The molecule has 0 heterocycles. The van der Waals surface area contributed by atoms with Gasteiger partial charge in [-0.1, -0.05) is 17.7 Å². The molecule has 0 saturated heterocycles. The minimum absolute atomic E-state index is 0.0861. The zero-order valence-corrected chi connectivity index (χ0v) is 8.30. The van der Waals surface area contributed by atoms with E-state index in [0.29, 0.717) is 10.6 Å².